The van der Waals surface area contributed by atoms with Gasteiger partial charge in [-0.3, -0.25) is 0 Å². The van der Waals surface area contributed by atoms with Crippen molar-refractivity contribution in [1.82, 2.24) is 0 Å². The molecule has 0 unspecified atom stereocenters. The first kappa shape index (κ1) is 17.6. The van der Waals surface area contributed by atoms with Crippen molar-refractivity contribution < 1.29 is 13.9 Å². The number of nitrogen functional groups attached to an aromatic ring is 1. The molecular weight excluding hydrogens is 271 g/mol. The molecule has 0 aliphatic heterocycles. The van der Waals surface area contributed by atoms with Crippen LogP contribution >= 0.6 is 0 Å². The molecular formula is C16H27FN2O2. The highest BCUT2D eigenvalue weighted by molar-refractivity contribution is 5.68. The summed E-state index contributed by atoms with van der Waals surface area (Å²) in [5.74, 6) is 0.361. The van der Waals surface area contributed by atoms with Gasteiger partial charge in [-0.2, -0.15) is 0 Å². The van der Waals surface area contributed by atoms with Crippen molar-refractivity contribution in [2.45, 2.75) is 33.6 Å². The van der Waals surface area contributed by atoms with E-state index in [0.29, 0.717) is 30.5 Å². The fourth-order valence-corrected chi connectivity index (χ4v) is 1.76. The third-order valence-corrected chi connectivity index (χ3v) is 2.80. The zero-order valence-corrected chi connectivity index (χ0v) is 13.2. The number of ether oxygens (including phenoxy) is 2. The number of nitrogens with two attached hydrogens (primary N) is 1. The van der Waals surface area contributed by atoms with E-state index in [1.165, 1.54) is 6.07 Å². The van der Waals surface area contributed by atoms with Crippen LogP contribution in [0, 0.1) is 11.7 Å². The average Bonchev–Trinajstić information content (AvgIpc) is 2.43. The van der Waals surface area contributed by atoms with E-state index in [4.69, 9.17) is 15.2 Å². The van der Waals surface area contributed by atoms with Gasteiger partial charge < -0.3 is 20.5 Å². The first-order valence-corrected chi connectivity index (χ1v) is 7.58. The third kappa shape index (κ3) is 6.67. The highest BCUT2D eigenvalue weighted by Crippen LogP contribution is 2.28. The molecule has 0 spiro atoms. The van der Waals surface area contributed by atoms with Gasteiger partial charge in [0.1, 0.15) is 0 Å². The van der Waals surface area contributed by atoms with Crippen LogP contribution in [-0.2, 0) is 4.74 Å². The Morgan fingerprint density at radius 2 is 2.05 bits per heavy atom. The number of halogens is 1. The van der Waals surface area contributed by atoms with Crippen molar-refractivity contribution in [3.63, 3.8) is 0 Å². The van der Waals surface area contributed by atoms with E-state index in [-0.39, 0.29) is 5.75 Å². The van der Waals surface area contributed by atoms with Crippen molar-refractivity contribution in [2.24, 2.45) is 5.92 Å². The lowest BCUT2D eigenvalue weighted by Crippen LogP contribution is -2.10. The van der Waals surface area contributed by atoms with Crippen molar-refractivity contribution in [3.8, 4) is 5.75 Å². The molecule has 0 aromatic heterocycles. The van der Waals surface area contributed by atoms with Gasteiger partial charge in [-0.05, 0) is 18.8 Å². The minimum absolute atomic E-state index is 0.240. The molecule has 5 heteroatoms. The van der Waals surface area contributed by atoms with Crippen molar-refractivity contribution in [2.75, 3.05) is 37.4 Å². The van der Waals surface area contributed by atoms with Gasteiger partial charge in [0.2, 0.25) is 0 Å². The lowest BCUT2D eigenvalue weighted by atomic mass is 10.2. The Morgan fingerprint density at radius 1 is 1.29 bits per heavy atom. The Bertz CT molecular complexity index is 425. The second-order valence-electron chi connectivity index (χ2n) is 5.47. The van der Waals surface area contributed by atoms with Crippen LogP contribution in [0.3, 0.4) is 0 Å². The molecule has 120 valence electrons. The molecule has 0 amide bonds. The van der Waals surface area contributed by atoms with E-state index >= 15 is 0 Å². The van der Waals surface area contributed by atoms with Crippen LogP contribution in [0.15, 0.2) is 12.1 Å². The Balaban J connectivity index is 2.43. The van der Waals surface area contributed by atoms with E-state index in [1.54, 1.807) is 6.07 Å². The second-order valence-corrected chi connectivity index (χ2v) is 5.47. The molecule has 0 atom stereocenters. The summed E-state index contributed by atoms with van der Waals surface area (Å²) in [7, 11) is 0. The van der Waals surface area contributed by atoms with Gasteiger partial charge in [-0.15, -0.1) is 0 Å². The smallest absolute Gasteiger partial charge is 0.167 e. The SMILES string of the molecule is CCCOc1cc(NCCCOCC(C)C)c(N)cc1F. The summed E-state index contributed by atoms with van der Waals surface area (Å²) in [6.07, 6.45) is 1.70. The van der Waals surface area contributed by atoms with E-state index in [9.17, 15) is 4.39 Å². The minimum Gasteiger partial charge on any atom is -0.490 e. The van der Waals surface area contributed by atoms with Crippen molar-refractivity contribution in [1.29, 1.82) is 0 Å². The normalized spacial score (nSPS) is 10.9. The summed E-state index contributed by atoms with van der Waals surface area (Å²) in [4.78, 5) is 0. The molecule has 1 rings (SSSR count). The van der Waals surface area contributed by atoms with Gasteiger partial charge in [0.15, 0.2) is 11.6 Å². The molecule has 1 aromatic rings. The summed E-state index contributed by atoms with van der Waals surface area (Å²) >= 11 is 0. The molecule has 0 saturated heterocycles. The maximum atomic E-state index is 13.7. The molecule has 0 saturated carbocycles. The Kier molecular flexibility index (Phi) is 7.90. The lowest BCUT2D eigenvalue weighted by molar-refractivity contribution is 0.110. The Labute approximate surface area is 126 Å². The summed E-state index contributed by atoms with van der Waals surface area (Å²) in [6.45, 7) is 8.90. The fourth-order valence-electron chi connectivity index (χ4n) is 1.76. The predicted octanol–water partition coefficient (Wildman–Crippen LogP) is 3.67. The summed E-state index contributed by atoms with van der Waals surface area (Å²) in [5.41, 5.74) is 6.90. The summed E-state index contributed by atoms with van der Waals surface area (Å²) in [6, 6.07) is 2.91. The third-order valence-electron chi connectivity index (χ3n) is 2.80. The first-order valence-electron chi connectivity index (χ1n) is 7.58. The topological polar surface area (TPSA) is 56.5 Å². The zero-order chi connectivity index (χ0) is 15.7. The van der Waals surface area contributed by atoms with Gasteiger partial charge in [0.05, 0.1) is 18.0 Å². The van der Waals surface area contributed by atoms with Crippen LogP contribution in [0.1, 0.15) is 33.6 Å². The van der Waals surface area contributed by atoms with Gasteiger partial charge in [-0.1, -0.05) is 20.8 Å². The highest BCUT2D eigenvalue weighted by atomic mass is 19.1. The van der Waals surface area contributed by atoms with Crippen LogP contribution in [0.5, 0.6) is 5.75 Å². The van der Waals surface area contributed by atoms with Crippen LogP contribution < -0.4 is 15.8 Å². The van der Waals surface area contributed by atoms with E-state index < -0.39 is 5.82 Å². The standard InChI is InChI=1S/C16H27FN2O2/c1-4-7-21-16-10-15(14(18)9-13(16)17)19-6-5-8-20-11-12(2)3/h9-10,12,19H,4-8,11,18H2,1-3H3. The van der Waals surface area contributed by atoms with Crippen LogP contribution in [0.25, 0.3) is 0 Å². The van der Waals surface area contributed by atoms with E-state index in [0.717, 1.165) is 26.0 Å². The lowest BCUT2D eigenvalue weighted by Gasteiger charge is -2.13. The molecule has 3 N–H and O–H groups in total. The summed E-state index contributed by atoms with van der Waals surface area (Å²) < 4.78 is 24.5. The molecule has 21 heavy (non-hydrogen) atoms. The number of nitrogens with one attached hydrogen (secondary N) is 1. The quantitative estimate of drug-likeness (QED) is 0.511. The molecule has 0 radical (unpaired) electrons. The van der Waals surface area contributed by atoms with E-state index in [1.807, 2.05) is 6.92 Å². The fraction of sp³-hybridized carbons (Fsp3) is 0.625. The van der Waals surface area contributed by atoms with Gasteiger partial charge >= 0.3 is 0 Å². The number of hydrogen-bond acceptors (Lipinski definition) is 4. The minimum atomic E-state index is -0.424. The van der Waals surface area contributed by atoms with Crippen LogP contribution in [0.2, 0.25) is 0 Å². The predicted molar refractivity (Wildman–Crippen MR) is 85.4 cm³/mol. The highest BCUT2D eigenvalue weighted by Gasteiger charge is 2.08. The van der Waals surface area contributed by atoms with E-state index in [2.05, 4.69) is 19.2 Å². The molecule has 0 aliphatic carbocycles. The molecule has 0 aliphatic rings. The average molecular weight is 298 g/mol. The van der Waals surface area contributed by atoms with Crippen LogP contribution in [0.4, 0.5) is 15.8 Å². The van der Waals surface area contributed by atoms with Gasteiger partial charge in [-0.25, -0.2) is 4.39 Å². The number of hydrogen-bond donors (Lipinski definition) is 2. The number of benzene rings is 1. The maximum absolute atomic E-state index is 13.7. The second kappa shape index (κ2) is 9.45. The molecule has 0 bridgehead atoms. The van der Waals surface area contributed by atoms with Gasteiger partial charge in [0, 0.05) is 31.9 Å². The molecule has 1 aromatic carbocycles. The largest absolute Gasteiger partial charge is 0.490 e. The summed E-state index contributed by atoms with van der Waals surface area (Å²) in [5, 5.41) is 3.19. The van der Waals surface area contributed by atoms with Gasteiger partial charge in [0.25, 0.3) is 0 Å². The maximum Gasteiger partial charge on any atom is 0.167 e. The van der Waals surface area contributed by atoms with Crippen molar-refractivity contribution in [3.05, 3.63) is 17.9 Å². The Morgan fingerprint density at radius 3 is 2.71 bits per heavy atom. The first-order chi connectivity index (χ1) is 10.0. The zero-order valence-electron chi connectivity index (χ0n) is 13.2. The van der Waals surface area contributed by atoms with Crippen molar-refractivity contribution >= 4 is 11.4 Å². The number of rotatable bonds is 10. The monoisotopic (exact) mass is 298 g/mol. The molecule has 0 heterocycles. The Hall–Kier alpha value is -1.49. The van der Waals surface area contributed by atoms with Crippen LogP contribution in [-0.4, -0.2) is 26.4 Å². The number of anilines is 2. The molecule has 0 fully saturated rings. The molecule has 4 nitrogen and oxygen atoms in total.